The minimum Gasteiger partial charge on any atom is -0.759 e. The molecule has 0 rings (SSSR count). The quantitative estimate of drug-likeness (QED) is 0.200. The molecule has 11 heteroatoms. The number of hydrogen-bond acceptors (Lipinski definition) is 7. The molecule has 0 spiro atoms. The molecular formula is H5BMgO8S. The van der Waals surface area contributed by atoms with Crippen LogP contribution in [0.5, 0.6) is 0 Å². The van der Waals surface area contributed by atoms with Crippen LogP contribution in [0.4, 0.5) is 0 Å². The van der Waals surface area contributed by atoms with E-state index in [1.54, 1.807) is 0 Å². The van der Waals surface area contributed by atoms with Gasteiger partial charge < -0.3 is 29.7 Å². The van der Waals surface area contributed by atoms with Crippen molar-refractivity contribution in [2.75, 3.05) is 0 Å². The summed E-state index contributed by atoms with van der Waals surface area (Å²) in [5.41, 5.74) is 0. The van der Waals surface area contributed by atoms with E-state index in [1.165, 1.54) is 0 Å². The summed E-state index contributed by atoms with van der Waals surface area (Å²) in [6.07, 6.45) is 0. The Morgan fingerprint density at radius 3 is 1.09 bits per heavy atom. The Balaban J connectivity index is -0.0000000383. The Kier molecular flexibility index (Phi) is 21.6. The summed E-state index contributed by atoms with van der Waals surface area (Å²) >= 11 is 0. The molecule has 0 amide bonds. The molecule has 0 aliphatic carbocycles. The Morgan fingerprint density at radius 2 is 1.09 bits per heavy atom. The molecule has 0 aliphatic heterocycles. The molecule has 0 aliphatic rings. The van der Waals surface area contributed by atoms with Gasteiger partial charge >= 0.3 is 30.4 Å². The van der Waals surface area contributed by atoms with E-state index in [4.69, 9.17) is 32.6 Å². The Bertz CT molecular complexity index is 125. The first kappa shape index (κ1) is 22.6. The summed E-state index contributed by atoms with van der Waals surface area (Å²) in [4.78, 5) is 0. The van der Waals surface area contributed by atoms with Crippen LogP contribution in [-0.2, 0) is 10.4 Å². The normalized spacial score (nSPS) is 7.73. The van der Waals surface area contributed by atoms with E-state index in [1.807, 2.05) is 0 Å². The van der Waals surface area contributed by atoms with Gasteiger partial charge in [-0.05, 0) is 0 Å². The van der Waals surface area contributed by atoms with E-state index in [2.05, 4.69) is 0 Å². The summed E-state index contributed by atoms with van der Waals surface area (Å²) in [6, 6.07) is 0. The fourth-order valence-electron chi connectivity index (χ4n) is 0. The van der Waals surface area contributed by atoms with Crippen LogP contribution >= 0.6 is 0 Å². The maximum Gasteiger partial charge on any atom is 2.00 e. The zero-order valence-corrected chi connectivity index (χ0v) is 7.40. The van der Waals surface area contributed by atoms with Gasteiger partial charge in [0, 0.05) is 10.4 Å². The maximum atomic E-state index is 8.52. The SMILES string of the molecule is O.O=S(=O)([O-])[O-].OB(O)O.[Mg+2]. The van der Waals surface area contributed by atoms with Crippen molar-refractivity contribution in [3.8, 4) is 0 Å². The van der Waals surface area contributed by atoms with E-state index in [0.29, 0.717) is 0 Å². The predicted octanol–water partition coefficient (Wildman–Crippen LogP) is -4.60. The molecule has 0 aromatic carbocycles. The third-order valence-corrected chi connectivity index (χ3v) is 0. The van der Waals surface area contributed by atoms with Gasteiger partial charge in [0.05, 0.1) is 0 Å². The van der Waals surface area contributed by atoms with Crippen molar-refractivity contribution in [2.45, 2.75) is 0 Å². The van der Waals surface area contributed by atoms with Gasteiger partial charge in [-0.2, -0.15) is 0 Å². The average Bonchev–Trinajstić information content (AvgIpc) is 1.19. The van der Waals surface area contributed by atoms with E-state index < -0.39 is 17.7 Å². The van der Waals surface area contributed by atoms with Gasteiger partial charge in [0.1, 0.15) is 0 Å². The molecule has 8 nitrogen and oxygen atoms in total. The monoisotopic (exact) mass is 200 g/mol. The molecule has 5 N–H and O–H groups in total. The van der Waals surface area contributed by atoms with Gasteiger partial charge in [0.25, 0.3) is 0 Å². The van der Waals surface area contributed by atoms with Crippen molar-refractivity contribution in [1.82, 2.24) is 0 Å². The summed E-state index contributed by atoms with van der Waals surface area (Å²) in [6.45, 7) is 0. The molecule has 0 atom stereocenters. The summed E-state index contributed by atoms with van der Waals surface area (Å²) in [5, 5.41) is 21.5. The third-order valence-electron chi connectivity index (χ3n) is 0. The van der Waals surface area contributed by atoms with Crippen LogP contribution < -0.4 is 0 Å². The van der Waals surface area contributed by atoms with Crippen LogP contribution in [0.1, 0.15) is 0 Å². The zero-order chi connectivity index (χ0) is 8.08. The molecule has 0 fully saturated rings. The number of hydrogen-bond donors (Lipinski definition) is 3. The maximum absolute atomic E-state index is 8.52. The topological polar surface area (TPSA) is 172 Å². The molecular weight excluding hydrogens is 195 g/mol. The first-order valence-corrected chi connectivity index (χ1v) is 2.77. The van der Waals surface area contributed by atoms with Crippen molar-refractivity contribution in [3.05, 3.63) is 0 Å². The Labute approximate surface area is 79.1 Å². The molecule has 0 saturated carbocycles. The molecule has 0 aromatic heterocycles. The Hall–Kier alpha value is 0.541. The third kappa shape index (κ3) is 2630. The van der Waals surface area contributed by atoms with Crippen LogP contribution in [-0.4, -0.2) is 68.4 Å². The molecule has 0 bridgehead atoms. The van der Waals surface area contributed by atoms with Crippen LogP contribution in [0, 0.1) is 0 Å². The zero-order valence-electron chi connectivity index (χ0n) is 5.17. The van der Waals surface area contributed by atoms with Gasteiger partial charge in [0.2, 0.25) is 0 Å². The molecule has 0 heterocycles. The van der Waals surface area contributed by atoms with Crippen molar-refractivity contribution in [1.29, 1.82) is 0 Å². The summed E-state index contributed by atoms with van der Waals surface area (Å²) in [5.74, 6) is 0. The molecule has 0 aromatic rings. The first-order valence-electron chi connectivity index (χ1n) is 1.44. The van der Waals surface area contributed by atoms with Gasteiger partial charge in [-0.1, -0.05) is 0 Å². The van der Waals surface area contributed by atoms with Gasteiger partial charge in [-0.25, -0.2) is 0 Å². The van der Waals surface area contributed by atoms with Gasteiger partial charge in [-0.3, -0.25) is 8.42 Å². The summed E-state index contributed by atoms with van der Waals surface area (Å²) in [7, 11) is -7.33. The van der Waals surface area contributed by atoms with Crippen LogP contribution in [0.3, 0.4) is 0 Å². The second kappa shape index (κ2) is 10.5. The minimum absolute atomic E-state index is 0. The predicted molar refractivity (Wildman–Crippen MR) is 32.3 cm³/mol. The van der Waals surface area contributed by atoms with E-state index in [9.17, 15) is 0 Å². The largest absolute Gasteiger partial charge is 2.00 e. The first-order chi connectivity index (χ1) is 3.73. The van der Waals surface area contributed by atoms with E-state index >= 15 is 0 Å². The van der Waals surface area contributed by atoms with Gasteiger partial charge in [-0.15, -0.1) is 0 Å². The second-order valence-electron chi connectivity index (χ2n) is 0.755. The van der Waals surface area contributed by atoms with Crippen molar-refractivity contribution >= 4 is 40.8 Å². The second-order valence-corrected chi connectivity index (χ2v) is 1.57. The molecule has 0 saturated heterocycles. The molecule has 64 valence electrons. The fraction of sp³-hybridized carbons (Fsp3) is 0. The summed E-state index contributed by atoms with van der Waals surface area (Å²) < 4.78 is 34.1. The van der Waals surface area contributed by atoms with Crippen LogP contribution in [0.25, 0.3) is 0 Å². The van der Waals surface area contributed by atoms with Crippen molar-refractivity contribution in [2.24, 2.45) is 0 Å². The standard InChI is InChI=1S/BH3O3.Mg.H2O4S.H2O/c2-1(3)4;;1-5(2,3)4;/h2-4H;;(H2,1,2,3,4);1H2/q;+2;;/p-2. The molecule has 0 unspecified atom stereocenters. The number of rotatable bonds is 0. The van der Waals surface area contributed by atoms with Crippen LogP contribution in [0.15, 0.2) is 0 Å². The van der Waals surface area contributed by atoms with E-state index in [-0.39, 0.29) is 28.5 Å². The Morgan fingerprint density at radius 1 is 1.09 bits per heavy atom. The fourth-order valence-corrected chi connectivity index (χ4v) is 0. The van der Waals surface area contributed by atoms with Crippen molar-refractivity contribution in [3.63, 3.8) is 0 Å². The van der Waals surface area contributed by atoms with E-state index in [0.717, 1.165) is 0 Å². The molecule has 11 heavy (non-hydrogen) atoms. The minimum atomic E-state index is -5.17. The van der Waals surface area contributed by atoms with Crippen LogP contribution in [0.2, 0.25) is 0 Å². The van der Waals surface area contributed by atoms with Crippen molar-refractivity contribution < 1.29 is 38.1 Å². The average molecular weight is 200 g/mol. The molecule has 0 radical (unpaired) electrons. The van der Waals surface area contributed by atoms with Gasteiger partial charge in [0.15, 0.2) is 0 Å². The smallest absolute Gasteiger partial charge is 0.759 e.